The first-order valence-electron chi connectivity index (χ1n) is 19.7. The van der Waals surface area contributed by atoms with Crippen molar-refractivity contribution in [3.8, 4) is 0 Å². The molecule has 1 aromatic heterocycles. The number of imidazole rings is 1. The first-order chi connectivity index (χ1) is 26.2. The molecule has 0 radical (unpaired) electrons. The van der Waals surface area contributed by atoms with E-state index in [1.807, 2.05) is 6.07 Å². The van der Waals surface area contributed by atoms with Crippen molar-refractivity contribution in [3.63, 3.8) is 0 Å². The van der Waals surface area contributed by atoms with Crippen molar-refractivity contribution < 1.29 is 39.2 Å². The zero-order valence-electron chi connectivity index (χ0n) is 34.4. The van der Waals surface area contributed by atoms with E-state index in [-0.39, 0.29) is 60.3 Å². The summed E-state index contributed by atoms with van der Waals surface area (Å²) in [4.78, 5) is 17.2. The standard InChI is InChI=1S/C20H31F2N3O3S.C20H29F2N3O2S/c1-5-29(27,28)25-15-6-7-16(17(12-15)24-18(26)19(2,3)4)23-13-14-8-10-20(21,22)11-9-14;1-5-28(26,27)24-15-6-7-17-16(12-15)23-18(19(2,3)4)25(17)13-14-8-10-20(21,22)11-9-14/h6-7,12,14,23,25H,5,8-11,13H2,1-4H3,(H,24,26);6-7,12,14,24H,5,8-11,13H2,1-4H3. The maximum atomic E-state index is 13.5. The van der Waals surface area contributed by atoms with Gasteiger partial charge in [-0.25, -0.2) is 39.4 Å². The van der Waals surface area contributed by atoms with Crippen LogP contribution in [0.4, 0.5) is 40.3 Å². The fraction of sp³-hybridized carbons (Fsp3) is 0.650. The quantitative estimate of drug-likeness (QED) is 0.133. The topological polar surface area (TPSA) is 151 Å². The maximum Gasteiger partial charge on any atom is 0.248 e. The molecule has 1 heterocycles. The Bertz CT molecular complexity index is 2070. The van der Waals surface area contributed by atoms with E-state index in [0.717, 1.165) is 11.3 Å². The minimum absolute atomic E-state index is 0.000960. The Morgan fingerprint density at radius 1 is 0.754 bits per heavy atom. The van der Waals surface area contributed by atoms with Gasteiger partial charge in [0.25, 0.3) is 0 Å². The van der Waals surface area contributed by atoms with Crippen LogP contribution in [0.2, 0.25) is 0 Å². The molecule has 0 spiro atoms. The van der Waals surface area contributed by atoms with Crippen LogP contribution in [-0.2, 0) is 36.8 Å². The average Bonchev–Trinajstić information content (AvgIpc) is 3.47. The number of halogens is 4. The third-order valence-electron chi connectivity index (χ3n) is 10.4. The highest BCUT2D eigenvalue weighted by Gasteiger charge is 2.36. The number of aromatic nitrogens is 2. The van der Waals surface area contributed by atoms with Crippen LogP contribution < -0.4 is 20.1 Å². The van der Waals surface area contributed by atoms with Crippen molar-refractivity contribution in [2.75, 3.05) is 38.1 Å². The molecule has 320 valence electrons. The molecule has 2 aromatic carbocycles. The number of nitrogens with zero attached hydrogens (tertiary/aromatic N) is 2. The lowest BCUT2D eigenvalue weighted by Gasteiger charge is -2.30. The highest BCUT2D eigenvalue weighted by molar-refractivity contribution is 7.92. The van der Waals surface area contributed by atoms with Gasteiger partial charge in [-0.1, -0.05) is 41.5 Å². The fourth-order valence-corrected chi connectivity index (χ4v) is 7.99. The minimum Gasteiger partial charge on any atom is -0.383 e. The van der Waals surface area contributed by atoms with Crippen LogP contribution in [-0.4, -0.2) is 62.2 Å². The van der Waals surface area contributed by atoms with E-state index in [0.29, 0.717) is 67.0 Å². The van der Waals surface area contributed by atoms with E-state index in [2.05, 4.69) is 45.4 Å². The van der Waals surface area contributed by atoms with Gasteiger partial charge in [-0.3, -0.25) is 14.2 Å². The summed E-state index contributed by atoms with van der Waals surface area (Å²) in [5, 5.41) is 6.07. The summed E-state index contributed by atoms with van der Waals surface area (Å²) in [6, 6.07) is 10.2. The number of rotatable bonds is 12. The van der Waals surface area contributed by atoms with Crippen LogP contribution in [0.1, 0.15) is 113 Å². The molecule has 57 heavy (non-hydrogen) atoms. The second-order valence-corrected chi connectivity index (χ2v) is 21.5. The summed E-state index contributed by atoms with van der Waals surface area (Å²) in [5.74, 6) is -4.19. The number of anilines is 4. The van der Waals surface area contributed by atoms with Crippen molar-refractivity contribution in [2.45, 2.75) is 131 Å². The Hall–Kier alpha value is -3.60. The Labute approximate surface area is 335 Å². The van der Waals surface area contributed by atoms with E-state index in [1.54, 1.807) is 58.0 Å². The molecule has 4 N–H and O–H groups in total. The van der Waals surface area contributed by atoms with Crippen LogP contribution >= 0.6 is 0 Å². The normalized spacial score (nSPS) is 18.0. The fourth-order valence-electron chi connectivity index (χ4n) is 6.73. The number of nitrogens with one attached hydrogen (secondary N) is 4. The second kappa shape index (κ2) is 17.7. The number of carbonyl (C=O) groups is 1. The van der Waals surface area contributed by atoms with Crippen molar-refractivity contribution in [1.82, 2.24) is 9.55 Å². The number of carbonyl (C=O) groups excluding carboxylic acids is 1. The molecule has 2 fully saturated rings. The molecule has 3 aromatic rings. The first kappa shape index (κ1) is 46.1. The average molecular weight is 845 g/mol. The number of amides is 1. The molecule has 2 aliphatic rings. The van der Waals surface area contributed by atoms with Crippen LogP contribution in [0.25, 0.3) is 11.0 Å². The van der Waals surface area contributed by atoms with Gasteiger partial charge >= 0.3 is 0 Å². The SMILES string of the molecule is CCS(=O)(=O)Nc1ccc(NCC2CCC(F)(F)CC2)c(NC(=O)C(C)(C)C)c1.CCS(=O)(=O)Nc1ccc2c(c1)nc(C(C)(C)C)n2CC1CCC(F)(F)CC1. The molecular weight excluding hydrogens is 785 g/mol. The van der Waals surface area contributed by atoms with Crippen LogP contribution in [0.15, 0.2) is 36.4 Å². The number of alkyl halides is 4. The lowest BCUT2D eigenvalue weighted by atomic mass is 9.86. The lowest BCUT2D eigenvalue weighted by molar-refractivity contribution is -0.123. The smallest absolute Gasteiger partial charge is 0.248 e. The number of fused-ring (bicyclic) bond motifs is 1. The monoisotopic (exact) mass is 844 g/mol. The molecule has 0 atom stereocenters. The number of hydrogen-bond acceptors (Lipinski definition) is 7. The molecule has 0 aliphatic heterocycles. The zero-order valence-corrected chi connectivity index (χ0v) is 36.0. The zero-order chi connectivity index (χ0) is 42.6. The summed E-state index contributed by atoms with van der Waals surface area (Å²) >= 11 is 0. The van der Waals surface area contributed by atoms with Crippen molar-refractivity contribution in [2.24, 2.45) is 17.3 Å². The van der Waals surface area contributed by atoms with Gasteiger partial charge in [-0.15, -0.1) is 0 Å². The van der Waals surface area contributed by atoms with Gasteiger partial charge in [0, 0.05) is 49.6 Å². The van der Waals surface area contributed by atoms with Crippen molar-refractivity contribution >= 4 is 59.7 Å². The molecule has 2 saturated carbocycles. The summed E-state index contributed by atoms with van der Waals surface area (Å²) in [5.41, 5.74) is 2.66. The molecule has 0 unspecified atom stereocenters. The van der Waals surface area contributed by atoms with E-state index in [9.17, 15) is 39.2 Å². The first-order valence-corrected chi connectivity index (χ1v) is 23.0. The number of benzene rings is 2. The molecule has 17 heteroatoms. The number of sulfonamides is 2. The van der Waals surface area contributed by atoms with Gasteiger partial charge in [0.05, 0.1) is 45.3 Å². The molecule has 1 amide bonds. The second-order valence-electron chi connectivity index (χ2n) is 17.5. The van der Waals surface area contributed by atoms with Gasteiger partial charge in [0.2, 0.25) is 37.8 Å². The van der Waals surface area contributed by atoms with Gasteiger partial charge in [0.15, 0.2) is 0 Å². The Kier molecular flexibility index (Phi) is 14.3. The molecular formula is C40H60F4N6O5S2. The highest BCUT2D eigenvalue weighted by Crippen LogP contribution is 2.39. The molecule has 5 rings (SSSR count). The van der Waals surface area contributed by atoms with E-state index >= 15 is 0 Å². The summed E-state index contributed by atoms with van der Waals surface area (Å²) in [6.45, 7) is 15.8. The van der Waals surface area contributed by atoms with E-state index < -0.39 is 37.3 Å². The van der Waals surface area contributed by atoms with Gasteiger partial charge in [-0.05, 0) is 87.8 Å². The largest absolute Gasteiger partial charge is 0.383 e. The van der Waals surface area contributed by atoms with Crippen molar-refractivity contribution in [1.29, 1.82) is 0 Å². The Balaban J connectivity index is 0.000000253. The maximum absolute atomic E-state index is 13.5. The van der Waals surface area contributed by atoms with E-state index in [1.165, 1.54) is 6.92 Å². The molecule has 0 saturated heterocycles. The molecule has 11 nitrogen and oxygen atoms in total. The van der Waals surface area contributed by atoms with Gasteiger partial charge in [0.1, 0.15) is 5.82 Å². The van der Waals surface area contributed by atoms with Crippen LogP contribution in [0.5, 0.6) is 0 Å². The molecule has 2 aliphatic carbocycles. The summed E-state index contributed by atoms with van der Waals surface area (Å²) in [7, 11) is -6.82. The lowest BCUT2D eigenvalue weighted by Crippen LogP contribution is -2.29. The third-order valence-corrected chi connectivity index (χ3v) is 13.0. The summed E-state index contributed by atoms with van der Waals surface area (Å²) < 4.78 is 108. The third kappa shape index (κ3) is 13.5. The predicted octanol–water partition coefficient (Wildman–Crippen LogP) is 9.59. The van der Waals surface area contributed by atoms with Crippen LogP contribution in [0, 0.1) is 17.3 Å². The predicted molar refractivity (Wildman–Crippen MR) is 221 cm³/mol. The minimum atomic E-state index is -3.45. The number of hydrogen-bond donors (Lipinski definition) is 4. The van der Waals surface area contributed by atoms with Crippen LogP contribution in [0.3, 0.4) is 0 Å². The Morgan fingerprint density at radius 2 is 1.25 bits per heavy atom. The molecule has 0 bridgehead atoms. The van der Waals surface area contributed by atoms with Crippen molar-refractivity contribution in [3.05, 3.63) is 42.2 Å². The van der Waals surface area contributed by atoms with Gasteiger partial charge < -0.3 is 15.2 Å². The summed E-state index contributed by atoms with van der Waals surface area (Å²) in [6.07, 6.45) is 1.57. The van der Waals surface area contributed by atoms with Gasteiger partial charge in [-0.2, -0.15) is 0 Å². The highest BCUT2D eigenvalue weighted by atomic mass is 32.2. The van der Waals surface area contributed by atoms with E-state index in [4.69, 9.17) is 4.98 Å². The Morgan fingerprint density at radius 3 is 1.74 bits per heavy atom.